The van der Waals surface area contributed by atoms with Crippen LogP contribution in [0, 0.1) is 0 Å². The standard InChI is InChI=1S/C18H32N2O/c1-3-7-18(19-11-4-2)16-10-13-20(15-16)12-5-8-17-9-6-14-21-17/h10,13,15,17-19H,3-9,11-12,14H2,1-2H3. The molecular weight excluding hydrogens is 260 g/mol. The Morgan fingerprint density at radius 2 is 2.29 bits per heavy atom. The summed E-state index contributed by atoms with van der Waals surface area (Å²) in [6.45, 7) is 7.69. The molecule has 120 valence electrons. The van der Waals surface area contributed by atoms with Gasteiger partial charge < -0.3 is 14.6 Å². The molecule has 2 heterocycles. The van der Waals surface area contributed by atoms with E-state index in [-0.39, 0.29) is 0 Å². The molecule has 0 radical (unpaired) electrons. The molecule has 0 amide bonds. The van der Waals surface area contributed by atoms with Gasteiger partial charge in [0.1, 0.15) is 0 Å². The zero-order valence-corrected chi connectivity index (χ0v) is 13.8. The van der Waals surface area contributed by atoms with E-state index >= 15 is 0 Å². The number of aromatic nitrogens is 1. The van der Waals surface area contributed by atoms with Crippen molar-refractivity contribution in [3.8, 4) is 0 Å². The summed E-state index contributed by atoms with van der Waals surface area (Å²) in [5.74, 6) is 0. The molecule has 2 rings (SSSR count). The lowest BCUT2D eigenvalue weighted by Gasteiger charge is -2.16. The van der Waals surface area contributed by atoms with E-state index in [1.165, 1.54) is 50.5 Å². The van der Waals surface area contributed by atoms with Crippen molar-refractivity contribution in [2.75, 3.05) is 13.2 Å². The Hall–Kier alpha value is -0.800. The number of ether oxygens (including phenoxy) is 1. The van der Waals surface area contributed by atoms with Gasteiger partial charge in [0, 0.05) is 31.6 Å². The third kappa shape index (κ3) is 5.48. The van der Waals surface area contributed by atoms with Gasteiger partial charge in [-0.15, -0.1) is 0 Å². The second-order valence-corrected chi connectivity index (χ2v) is 6.26. The van der Waals surface area contributed by atoms with E-state index in [9.17, 15) is 0 Å². The molecule has 2 unspecified atom stereocenters. The van der Waals surface area contributed by atoms with Gasteiger partial charge in [0.15, 0.2) is 0 Å². The van der Waals surface area contributed by atoms with E-state index in [0.717, 1.165) is 19.7 Å². The lowest BCUT2D eigenvalue weighted by Crippen LogP contribution is -2.21. The smallest absolute Gasteiger partial charge is 0.0576 e. The van der Waals surface area contributed by atoms with Crippen LogP contribution >= 0.6 is 0 Å². The molecule has 3 heteroatoms. The third-order valence-corrected chi connectivity index (χ3v) is 4.36. The molecule has 3 nitrogen and oxygen atoms in total. The minimum atomic E-state index is 0.523. The monoisotopic (exact) mass is 292 g/mol. The van der Waals surface area contributed by atoms with Gasteiger partial charge in [-0.3, -0.25) is 0 Å². The zero-order chi connectivity index (χ0) is 14.9. The average Bonchev–Trinajstić information content (AvgIpc) is 3.15. The molecule has 1 aromatic heterocycles. The van der Waals surface area contributed by atoms with Gasteiger partial charge in [-0.2, -0.15) is 0 Å². The normalized spacial score (nSPS) is 20.0. The molecule has 1 aliphatic rings. The Morgan fingerprint density at radius 1 is 1.38 bits per heavy atom. The van der Waals surface area contributed by atoms with E-state index < -0.39 is 0 Å². The van der Waals surface area contributed by atoms with E-state index in [0.29, 0.717) is 12.1 Å². The maximum absolute atomic E-state index is 5.69. The van der Waals surface area contributed by atoms with Crippen LogP contribution in [0.5, 0.6) is 0 Å². The SMILES string of the molecule is CCCNC(CCC)c1ccn(CCCC2CCCO2)c1. The quantitative estimate of drug-likeness (QED) is 0.696. The maximum atomic E-state index is 5.69. The topological polar surface area (TPSA) is 26.2 Å². The highest BCUT2D eigenvalue weighted by Crippen LogP contribution is 2.20. The lowest BCUT2D eigenvalue weighted by molar-refractivity contribution is 0.101. The molecule has 1 saturated heterocycles. The summed E-state index contributed by atoms with van der Waals surface area (Å²) in [7, 11) is 0. The number of nitrogens with one attached hydrogen (secondary N) is 1. The first kappa shape index (κ1) is 16.6. The zero-order valence-electron chi connectivity index (χ0n) is 13.8. The minimum Gasteiger partial charge on any atom is -0.378 e. The van der Waals surface area contributed by atoms with Crippen molar-refractivity contribution in [1.82, 2.24) is 9.88 Å². The van der Waals surface area contributed by atoms with Crippen LogP contribution in [0.1, 0.15) is 70.4 Å². The molecule has 1 fully saturated rings. The first-order valence-electron chi connectivity index (χ1n) is 8.84. The van der Waals surface area contributed by atoms with Crippen LogP contribution in [0.4, 0.5) is 0 Å². The summed E-state index contributed by atoms with van der Waals surface area (Å²) in [5.41, 5.74) is 1.45. The second kappa shape index (κ2) is 9.26. The summed E-state index contributed by atoms with van der Waals surface area (Å²) in [5, 5.41) is 3.67. The molecule has 1 aromatic rings. The van der Waals surface area contributed by atoms with E-state index in [1.54, 1.807) is 0 Å². The van der Waals surface area contributed by atoms with Gasteiger partial charge in [-0.05, 0) is 56.7 Å². The van der Waals surface area contributed by atoms with Crippen LogP contribution in [0.15, 0.2) is 18.5 Å². The summed E-state index contributed by atoms with van der Waals surface area (Å²) >= 11 is 0. The van der Waals surface area contributed by atoms with Crippen LogP contribution in [0.25, 0.3) is 0 Å². The molecule has 0 aliphatic carbocycles. The summed E-state index contributed by atoms with van der Waals surface area (Å²) in [4.78, 5) is 0. The fraction of sp³-hybridized carbons (Fsp3) is 0.778. The van der Waals surface area contributed by atoms with Crippen LogP contribution in [-0.4, -0.2) is 23.8 Å². The Labute approximate surface area is 130 Å². The number of nitrogens with zero attached hydrogens (tertiary/aromatic N) is 1. The van der Waals surface area contributed by atoms with Crippen molar-refractivity contribution in [3.05, 3.63) is 24.0 Å². The highest BCUT2D eigenvalue weighted by atomic mass is 16.5. The largest absolute Gasteiger partial charge is 0.378 e. The number of hydrogen-bond acceptors (Lipinski definition) is 2. The van der Waals surface area contributed by atoms with Gasteiger partial charge in [0.25, 0.3) is 0 Å². The molecule has 0 aromatic carbocycles. The highest BCUT2D eigenvalue weighted by molar-refractivity contribution is 5.15. The number of rotatable bonds is 10. The van der Waals surface area contributed by atoms with Crippen LogP contribution in [0.2, 0.25) is 0 Å². The Bertz CT molecular complexity index is 382. The first-order chi connectivity index (χ1) is 10.3. The third-order valence-electron chi connectivity index (χ3n) is 4.36. The van der Waals surface area contributed by atoms with E-state index in [4.69, 9.17) is 4.74 Å². The summed E-state index contributed by atoms with van der Waals surface area (Å²) in [6, 6.07) is 2.81. The molecule has 0 bridgehead atoms. The minimum absolute atomic E-state index is 0.523. The highest BCUT2D eigenvalue weighted by Gasteiger charge is 2.15. The van der Waals surface area contributed by atoms with Crippen molar-refractivity contribution >= 4 is 0 Å². The molecule has 1 N–H and O–H groups in total. The van der Waals surface area contributed by atoms with Gasteiger partial charge >= 0.3 is 0 Å². The van der Waals surface area contributed by atoms with E-state index in [1.807, 2.05) is 0 Å². The van der Waals surface area contributed by atoms with Gasteiger partial charge in [0.05, 0.1) is 6.10 Å². The van der Waals surface area contributed by atoms with Gasteiger partial charge in [0.2, 0.25) is 0 Å². The molecule has 0 spiro atoms. The fourth-order valence-corrected chi connectivity index (χ4v) is 3.17. The van der Waals surface area contributed by atoms with E-state index in [2.05, 4.69) is 42.2 Å². The fourth-order valence-electron chi connectivity index (χ4n) is 3.17. The van der Waals surface area contributed by atoms with Crippen LogP contribution in [0.3, 0.4) is 0 Å². The lowest BCUT2D eigenvalue weighted by atomic mass is 10.1. The molecule has 21 heavy (non-hydrogen) atoms. The average molecular weight is 292 g/mol. The molecule has 1 aliphatic heterocycles. The van der Waals surface area contributed by atoms with Crippen molar-refractivity contribution in [2.24, 2.45) is 0 Å². The number of hydrogen-bond donors (Lipinski definition) is 1. The van der Waals surface area contributed by atoms with Crippen molar-refractivity contribution in [3.63, 3.8) is 0 Å². The number of aryl methyl sites for hydroxylation is 1. The van der Waals surface area contributed by atoms with Gasteiger partial charge in [-0.1, -0.05) is 20.3 Å². The van der Waals surface area contributed by atoms with Crippen LogP contribution in [-0.2, 0) is 11.3 Å². The summed E-state index contributed by atoms with van der Waals surface area (Å²) in [6.07, 6.45) is 13.7. The van der Waals surface area contributed by atoms with Crippen LogP contribution < -0.4 is 5.32 Å². The predicted octanol–water partition coefficient (Wildman–Crippen LogP) is 4.29. The second-order valence-electron chi connectivity index (χ2n) is 6.26. The van der Waals surface area contributed by atoms with Crippen molar-refractivity contribution in [2.45, 2.75) is 77.5 Å². The summed E-state index contributed by atoms with van der Waals surface area (Å²) < 4.78 is 8.04. The molecule has 0 saturated carbocycles. The Morgan fingerprint density at radius 3 is 3.00 bits per heavy atom. The predicted molar refractivity (Wildman–Crippen MR) is 88.6 cm³/mol. The van der Waals surface area contributed by atoms with Crippen molar-refractivity contribution < 1.29 is 4.74 Å². The first-order valence-corrected chi connectivity index (χ1v) is 8.84. The molecular formula is C18H32N2O. The Balaban J connectivity index is 1.77. The van der Waals surface area contributed by atoms with Gasteiger partial charge in [-0.25, -0.2) is 0 Å². The Kier molecular flexibility index (Phi) is 7.31. The molecule has 2 atom stereocenters. The van der Waals surface area contributed by atoms with Crippen molar-refractivity contribution in [1.29, 1.82) is 0 Å². The maximum Gasteiger partial charge on any atom is 0.0576 e.